The van der Waals surface area contributed by atoms with E-state index in [1.165, 1.54) is 0 Å². The summed E-state index contributed by atoms with van der Waals surface area (Å²) < 4.78 is 6.52. The van der Waals surface area contributed by atoms with Crippen molar-refractivity contribution in [3.8, 4) is 11.8 Å². The number of halogens is 1. The minimum atomic E-state index is -0.0516. The number of carbonyl (C=O) groups is 1. The van der Waals surface area contributed by atoms with Gasteiger partial charge in [-0.05, 0) is 43.7 Å². The molecule has 0 N–H and O–H groups in total. The minimum absolute atomic E-state index is 0.00846. The number of anilines is 1. The van der Waals surface area contributed by atoms with Crippen molar-refractivity contribution in [3.63, 3.8) is 0 Å². The lowest BCUT2D eigenvalue weighted by atomic mass is 10.1. The van der Waals surface area contributed by atoms with Gasteiger partial charge in [-0.15, -0.1) is 5.10 Å². The first-order chi connectivity index (χ1) is 13.0. The van der Waals surface area contributed by atoms with Gasteiger partial charge in [0.15, 0.2) is 12.4 Å². The Labute approximate surface area is 166 Å². The molecule has 0 unspecified atom stereocenters. The molecule has 0 bridgehead atoms. The maximum Gasteiger partial charge on any atom is 0.260 e. The van der Waals surface area contributed by atoms with Crippen LogP contribution < -0.4 is 9.64 Å². The SMILES string of the molecule is Cc1nnc(N2CCN(C(=O)COc3ccc(Br)cc3)CC2)c(C#N)c1C. The van der Waals surface area contributed by atoms with Crippen molar-refractivity contribution < 1.29 is 9.53 Å². The van der Waals surface area contributed by atoms with Gasteiger partial charge in [-0.2, -0.15) is 10.4 Å². The quantitative estimate of drug-likeness (QED) is 0.741. The summed E-state index contributed by atoms with van der Waals surface area (Å²) in [6, 6.07) is 9.61. The predicted molar refractivity (Wildman–Crippen MR) is 105 cm³/mol. The molecule has 0 aliphatic carbocycles. The second-order valence-electron chi connectivity index (χ2n) is 6.33. The van der Waals surface area contributed by atoms with Crippen LogP contribution in [-0.4, -0.2) is 53.8 Å². The molecule has 2 heterocycles. The molecule has 27 heavy (non-hydrogen) atoms. The van der Waals surface area contributed by atoms with Crippen LogP contribution in [-0.2, 0) is 4.79 Å². The Morgan fingerprint density at radius 1 is 1.19 bits per heavy atom. The highest BCUT2D eigenvalue weighted by Crippen LogP contribution is 2.22. The monoisotopic (exact) mass is 429 g/mol. The molecule has 8 heteroatoms. The second-order valence-corrected chi connectivity index (χ2v) is 7.25. The molecular weight excluding hydrogens is 410 g/mol. The maximum atomic E-state index is 12.4. The minimum Gasteiger partial charge on any atom is -0.484 e. The molecule has 1 aliphatic rings. The molecule has 0 spiro atoms. The fraction of sp³-hybridized carbons (Fsp3) is 0.368. The van der Waals surface area contributed by atoms with E-state index < -0.39 is 0 Å². The number of carbonyl (C=O) groups excluding carboxylic acids is 1. The number of piperazine rings is 1. The van der Waals surface area contributed by atoms with Gasteiger partial charge in [0, 0.05) is 30.7 Å². The highest BCUT2D eigenvalue weighted by atomic mass is 79.9. The largest absolute Gasteiger partial charge is 0.484 e. The fourth-order valence-electron chi connectivity index (χ4n) is 2.89. The maximum absolute atomic E-state index is 12.4. The Morgan fingerprint density at radius 3 is 2.48 bits per heavy atom. The zero-order valence-corrected chi connectivity index (χ0v) is 16.9. The van der Waals surface area contributed by atoms with E-state index in [1.807, 2.05) is 43.0 Å². The Kier molecular flexibility index (Phi) is 5.91. The van der Waals surface area contributed by atoms with Crippen molar-refractivity contribution in [2.45, 2.75) is 13.8 Å². The molecule has 3 rings (SSSR count). The van der Waals surface area contributed by atoms with Gasteiger partial charge in [0.25, 0.3) is 5.91 Å². The van der Waals surface area contributed by atoms with Crippen molar-refractivity contribution in [2.24, 2.45) is 0 Å². The number of nitrogens with zero attached hydrogens (tertiary/aromatic N) is 5. The average Bonchev–Trinajstić information content (AvgIpc) is 2.69. The number of nitriles is 1. The first-order valence-corrected chi connectivity index (χ1v) is 9.44. The van der Waals surface area contributed by atoms with E-state index >= 15 is 0 Å². The van der Waals surface area contributed by atoms with Gasteiger partial charge in [-0.25, -0.2) is 0 Å². The van der Waals surface area contributed by atoms with Crippen molar-refractivity contribution >= 4 is 27.7 Å². The fourth-order valence-corrected chi connectivity index (χ4v) is 3.15. The van der Waals surface area contributed by atoms with E-state index in [9.17, 15) is 10.1 Å². The molecule has 140 valence electrons. The van der Waals surface area contributed by atoms with Crippen LogP contribution in [0.5, 0.6) is 5.75 Å². The third-order valence-electron chi connectivity index (χ3n) is 4.66. The Balaban J connectivity index is 1.57. The topological polar surface area (TPSA) is 82.3 Å². The summed E-state index contributed by atoms with van der Waals surface area (Å²) in [6.07, 6.45) is 0. The van der Waals surface area contributed by atoms with Gasteiger partial charge in [-0.3, -0.25) is 4.79 Å². The molecule has 0 saturated carbocycles. The van der Waals surface area contributed by atoms with Crippen molar-refractivity contribution in [1.29, 1.82) is 5.26 Å². The number of benzene rings is 1. The number of amides is 1. The van der Waals surface area contributed by atoms with E-state index in [2.05, 4.69) is 32.2 Å². The van der Waals surface area contributed by atoms with Crippen LogP contribution in [0.15, 0.2) is 28.7 Å². The van der Waals surface area contributed by atoms with Crippen LogP contribution in [0, 0.1) is 25.2 Å². The lowest BCUT2D eigenvalue weighted by molar-refractivity contribution is -0.133. The number of rotatable bonds is 4. The van der Waals surface area contributed by atoms with Gasteiger partial charge in [0.2, 0.25) is 0 Å². The van der Waals surface area contributed by atoms with E-state index in [4.69, 9.17) is 4.74 Å². The summed E-state index contributed by atoms with van der Waals surface area (Å²) in [6.45, 7) is 6.06. The van der Waals surface area contributed by atoms with Gasteiger partial charge in [-0.1, -0.05) is 15.9 Å². The molecule has 0 radical (unpaired) electrons. The van der Waals surface area contributed by atoms with E-state index in [0.717, 1.165) is 15.7 Å². The molecule has 1 fully saturated rings. The number of aromatic nitrogens is 2. The smallest absolute Gasteiger partial charge is 0.260 e. The van der Waals surface area contributed by atoms with Crippen molar-refractivity contribution in [1.82, 2.24) is 15.1 Å². The van der Waals surface area contributed by atoms with Crippen LogP contribution in [0.2, 0.25) is 0 Å². The van der Waals surface area contributed by atoms with Crippen LogP contribution in [0.1, 0.15) is 16.8 Å². The zero-order chi connectivity index (χ0) is 19.4. The van der Waals surface area contributed by atoms with E-state index in [1.54, 1.807) is 4.90 Å². The lowest BCUT2D eigenvalue weighted by Crippen LogP contribution is -2.50. The molecule has 1 aromatic carbocycles. The highest BCUT2D eigenvalue weighted by molar-refractivity contribution is 9.10. The van der Waals surface area contributed by atoms with Crippen molar-refractivity contribution in [2.75, 3.05) is 37.7 Å². The van der Waals surface area contributed by atoms with Crippen LogP contribution >= 0.6 is 15.9 Å². The molecule has 1 aliphatic heterocycles. The number of hydrogen-bond acceptors (Lipinski definition) is 6. The summed E-state index contributed by atoms with van der Waals surface area (Å²) in [5, 5.41) is 17.8. The molecule has 1 saturated heterocycles. The lowest BCUT2D eigenvalue weighted by Gasteiger charge is -2.35. The molecule has 1 aromatic heterocycles. The molecule has 2 aromatic rings. The second kappa shape index (κ2) is 8.35. The Hall–Kier alpha value is -2.66. The van der Waals surface area contributed by atoms with Gasteiger partial charge in [0.05, 0.1) is 5.69 Å². The van der Waals surface area contributed by atoms with Crippen LogP contribution in [0.3, 0.4) is 0 Å². The van der Waals surface area contributed by atoms with Crippen LogP contribution in [0.4, 0.5) is 5.82 Å². The molecule has 0 atom stereocenters. The summed E-state index contributed by atoms with van der Waals surface area (Å²) in [7, 11) is 0. The molecular formula is C19H20BrN5O2. The highest BCUT2D eigenvalue weighted by Gasteiger charge is 2.25. The normalized spacial score (nSPS) is 14.0. The summed E-state index contributed by atoms with van der Waals surface area (Å²) in [4.78, 5) is 16.2. The number of ether oxygens (including phenoxy) is 1. The zero-order valence-electron chi connectivity index (χ0n) is 15.3. The summed E-state index contributed by atoms with van der Waals surface area (Å²) in [5.74, 6) is 1.21. The first kappa shape index (κ1) is 19.1. The Morgan fingerprint density at radius 2 is 1.85 bits per heavy atom. The number of aryl methyl sites for hydroxylation is 1. The summed E-state index contributed by atoms with van der Waals surface area (Å²) in [5.41, 5.74) is 2.17. The van der Waals surface area contributed by atoms with E-state index in [0.29, 0.717) is 43.3 Å². The third-order valence-corrected chi connectivity index (χ3v) is 5.18. The summed E-state index contributed by atoms with van der Waals surface area (Å²) >= 11 is 3.37. The molecule has 1 amide bonds. The molecule has 7 nitrogen and oxygen atoms in total. The predicted octanol–water partition coefficient (Wildman–Crippen LogP) is 2.46. The van der Waals surface area contributed by atoms with Gasteiger partial charge >= 0.3 is 0 Å². The third kappa shape index (κ3) is 4.37. The van der Waals surface area contributed by atoms with Gasteiger partial charge < -0.3 is 14.5 Å². The van der Waals surface area contributed by atoms with Crippen LogP contribution in [0.25, 0.3) is 0 Å². The standard InChI is InChI=1S/C19H20BrN5O2/c1-13-14(2)22-23-19(17(13)11-21)25-9-7-24(8-10-25)18(26)12-27-16-5-3-15(20)4-6-16/h3-6H,7-10,12H2,1-2H3. The Bertz CT molecular complexity index is 871. The van der Waals surface area contributed by atoms with Gasteiger partial charge in [0.1, 0.15) is 17.4 Å². The number of hydrogen-bond donors (Lipinski definition) is 0. The average molecular weight is 430 g/mol. The first-order valence-electron chi connectivity index (χ1n) is 8.64. The van der Waals surface area contributed by atoms with Crippen molar-refractivity contribution in [3.05, 3.63) is 45.6 Å². The van der Waals surface area contributed by atoms with E-state index in [-0.39, 0.29) is 12.5 Å².